The van der Waals surface area contributed by atoms with Gasteiger partial charge in [0.2, 0.25) is 0 Å². The topological polar surface area (TPSA) is 13.0 Å². The Balaban J connectivity index is 6.07. The summed E-state index contributed by atoms with van der Waals surface area (Å²) in [6.45, 7) is 18.8. The van der Waals surface area contributed by atoms with Gasteiger partial charge in [-0.15, -0.1) is 0 Å². The number of hydrogen-bond acceptors (Lipinski definition) is 4. The number of rotatable bonds is 9. The van der Waals surface area contributed by atoms with Gasteiger partial charge >= 0.3 is 0 Å². The lowest BCUT2D eigenvalue weighted by atomic mass is 10.3. The van der Waals surface area contributed by atoms with Crippen molar-refractivity contribution in [1.82, 2.24) is 20.0 Å². The predicted octanol–water partition coefficient (Wildman–Crippen LogP) is 2.44. The maximum Gasteiger partial charge on any atom is 0.0597 e. The van der Waals surface area contributed by atoms with Crippen molar-refractivity contribution in [2.75, 3.05) is 40.8 Å². The minimum atomic E-state index is 0.451. The van der Waals surface area contributed by atoms with Gasteiger partial charge in [-0.2, -0.15) is 0 Å². The molecule has 0 radical (unpaired) electrons. The molecule has 0 aliphatic carbocycles. The van der Waals surface area contributed by atoms with Crippen LogP contribution >= 0.6 is 0 Å². The maximum absolute atomic E-state index is 2.55. The molecule has 0 spiro atoms. The van der Waals surface area contributed by atoms with Gasteiger partial charge in [-0.3, -0.25) is 0 Å². The zero-order valence-electron chi connectivity index (χ0n) is 15.5. The molecule has 5 nitrogen and oxygen atoms in total. The predicted molar refractivity (Wildman–Crippen MR) is 87.3 cm³/mol. The van der Waals surface area contributed by atoms with E-state index in [1.807, 2.05) is 0 Å². The first-order chi connectivity index (χ1) is 9.21. The zero-order valence-corrected chi connectivity index (χ0v) is 15.5. The highest BCUT2D eigenvalue weighted by Crippen LogP contribution is 2.27. The van der Waals surface area contributed by atoms with E-state index in [9.17, 15) is 0 Å². The van der Waals surface area contributed by atoms with Crippen LogP contribution in [0.2, 0.25) is 0 Å². The molecule has 0 saturated carbocycles. The summed E-state index contributed by atoms with van der Waals surface area (Å²) >= 11 is 0. The Kier molecular flexibility index (Phi) is 8.21. The van der Waals surface area contributed by atoms with Crippen molar-refractivity contribution in [2.24, 2.45) is 0 Å². The zero-order chi connectivity index (χ0) is 16.1. The lowest BCUT2D eigenvalue weighted by Gasteiger charge is -2.57. The highest BCUT2D eigenvalue weighted by molar-refractivity contribution is 4.58. The van der Waals surface area contributed by atoms with Gasteiger partial charge in [0.15, 0.2) is 0 Å². The van der Waals surface area contributed by atoms with Crippen LogP contribution in [0, 0.1) is 0 Å². The van der Waals surface area contributed by atoms with E-state index in [0.717, 1.165) is 19.6 Å². The number of hydrogen-bond donors (Lipinski definition) is 0. The molecule has 0 rings (SSSR count). The van der Waals surface area contributed by atoms with Crippen molar-refractivity contribution in [1.29, 1.82) is 0 Å². The van der Waals surface area contributed by atoms with E-state index in [0.29, 0.717) is 17.0 Å². The first-order valence-electron chi connectivity index (χ1n) is 8.04. The van der Waals surface area contributed by atoms with Gasteiger partial charge in [-0.05, 0) is 53.4 Å². The van der Waals surface area contributed by atoms with Crippen LogP contribution in [-0.2, 0) is 0 Å². The maximum atomic E-state index is 2.55. The molecule has 0 aromatic rings. The molecular weight excluding hydrogens is 250 g/mol. The molecular formula is C15H38N5+. The van der Waals surface area contributed by atoms with Gasteiger partial charge in [0.1, 0.15) is 0 Å². The highest BCUT2D eigenvalue weighted by Gasteiger charge is 2.50. The average molecular weight is 289 g/mol. The monoisotopic (exact) mass is 288 g/mol. The highest BCUT2D eigenvalue weighted by atomic mass is 16.3. The minimum Gasteiger partial charge on any atom is -0.0991 e. The quantitative estimate of drug-likeness (QED) is 0.477. The van der Waals surface area contributed by atoms with Gasteiger partial charge in [-0.1, -0.05) is 20.0 Å². The molecule has 0 aromatic heterocycles. The molecule has 0 heterocycles. The largest absolute Gasteiger partial charge is 0.0991 e. The summed E-state index contributed by atoms with van der Waals surface area (Å²) in [7, 11) is 6.61. The van der Waals surface area contributed by atoms with Crippen molar-refractivity contribution in [3.63, 3.8) is 0 Å². The first kappa shape index (κ1) is 19.8. The Hall–Kier alpha value is -0.200. The summed E-state index contributed by atoms with van der Waals surface area (Å²) in [5.41, 5.74) is 0. The van der Waals surface area contributed by atoms with Crippen molar-refractivity contribution < 1.29 is 4.92 Å². The van der Waals surface area contributed by atoms with Crippen molar-refractivity contribution in [3.05, 3.63) is 0 Å². The van der Waals surface area contributed by atoms with Crippen LogP contribution < -0.4 is 0 Å². The Morgan fingerprint density at radius 3 is 1.05 bits per heavy atom. The fourth-order valence-electron chi connectivity index (χ4n) is 3.10. The standard InChI is InChI=1S/C15H38N5/c1-11-16(8)20(17(9)12-2,18(10)13-3)19(14(4)5)15(6)7/h14-15H,11-13H2,1-10H3/q+1. The lowest BCUT2D eigenvalue weighted by Crippen LogP contribution is -2.81. The van der Waals surface area contributed by atoms with E-state index < -0.39 is 0 Å². The third-order valence-electron chi connectivity index (χ3n) is 4.12. The van der Waals surface area contributed by atoms with Crippen LogP contribution in [0.5, 0.6) is 0 Å². The van der Waals surface area contributed by atoms with E-state index in [1.54, 1.807) is 0 Å². The second-order valence-corrected chi connectivity index (χ2v) is 6.03. The van der Waals surface area contributed by atoms with Gasteiger partial charge in [0, 0.05) is 21.1 Å². The van der Waals surface area contributed by atoms with Gasteiger partial charge in [-0.25, -0.2) is 0 Å². The molecule has 0 aliphatic heterocycles. The molecule has 0 fully saturated rings. The second kappa shape index (κ2) is 8.29. The Labute approximate surface area is 127 Å². The van der Waals surface area contributed by atoms with E-state index in [1.165, 1.54) is 0 Å². The summed E-state index contributed by atoms with van der Waals surface area (Å²) in [5, 5.41) is 9.74. The summed E-state index contributed by atoms with van der Waals surface area (Å²) in [6, 6.07) is 0.902. The van der Waals surface area contributed by atoms with Crippen LogP contribution in [0.1, 0.15) is 48.5 Å². The molecule has 122 valence electrons. The number of quaternary nitrogens is 1. The smallest absolute Gasteiger partial charge is 0.0597 e. The molecule has 0 unspecified atom stereocenters. The Morgan fingerprint density at radius 1 is 0.650 bits per heavy atom. The van der Waals surface area contributed by atoms with Gasteiger partial charge in [0.25, 0.3) is 0 Å². The molecule has 0 aromatic carbocycles. The van der Waals surface area contributed by atoms with E-state index >= 15 is 0 Å². The van der Waals surface area contributed by atoms with E-state index in [4.69, 9.17) is 0 Å². The summed E-state index contributed by atoms with van der Waals surface area (Å²) in [5.74, 6) is 0. The fraction of sp³-hybridized carbons (Fsp3) is 1.00. The third kappa shape index (κ3) is 3.52. The van der Waals surface area contributed by atoms with Gasteiger partial charge < -0.3 is 0 Å². The second-order valence-electron chi connectivity index (χ2n) is 6.03. The minimum absolute atomic E-state index is 0.451. The molecule has 5 heteroatoms. The van der Waals surface area contributed by atoms with Crippen LogP contribution in [0.4, 0.5) is 0 Å². The molecule has 0 saturated heterocycles. The van der Waals surface area contributed by atoms with Crippen LogP contribution in [0.15, 0.2) is 0 Å². The normalized spacial score (nSPS) is 13.8. The van der Waals surface area contributed by atoms with Crippen molar-refractivity contribution in [3.8, 4) is 0 Å². The van der Waals surface area contributed by atoms with Crippen molar-refractivity contribution in [2.45, 2.75) is 60.5 Å². The van der Waals surface area contributed by atoms with E-state index in [2.05, 4.69) is 89.6 Å². The molecule has 0 aliphatic rings. The molecule has 0 bridgehead atoms. The Morgan fingerprint density at radius 2 is 0.900 bits per heavy atom. The third-order valence-corrected chi connectivity index (χ3v) is 4.12. The van der Waals surface area contributed by atoms with Crippen LogP contribution in [0.25, 0.3) is 0 Å². The molecule has 20 heavy (non-hydrogen) atoms. The fourth-order valence-corrected chi connectivity index (χ4v) is 3.10. The Bertz CT molecular complexity index is 232. The van der Waals surface area contributed by atoms with Crippen LogP contribution in [-0.4, -0.2) is 77.8 Å². The average Bonchev–Trinajstić information content (AvgIpc) is 2.40. The molecule has 0 atom stereocenters. The van der Waals surface area contributed by atoms with Gasteiger partial charge in [0.05, 0.1) is 31.7 Å². The number of nitrogens with zero attached hydrogens (tertiary/aromatic N) is 5. The van der Waals surface area contributed by atoms with E-state index in [-0.39, 0.29) is 0 Å². The van der Waals surface area contributed by atoms with Crippen LogP contribution in [0.3, 0.4) is 0 Å². The first-order valence-corrected chi connectivity index (χ1v) is 8.04. The summed E-state index contributed by atoms with van der Waals surface area (Å²) in [4.78, 5) is 0.652. The molecule has 0 amide bonds. The SMILES string of the molecule is CCN(C)[N+](N(C)CC)(N(C)CC)N(C(C)C)C(C)C. The van der Waals surface area contributed by atoms with Crippen molar-refractivity contribution >= 4 is 0 Å². The lowest BCUT2D eigenvalue weighted by molar-refractivity contribution is -1.28. The summed E-state index contributed by atoms with van der Waals surface area (Å²) in [6.07, 6.45) is 0. The molecule has 0 N–H and O–H groups in total. The summed E-state index contributed by atoms with van der Waals surface area (Å²) < 4.78 is 0.